The number of aryl methyl sites for hydroxylation is 1. The number of nitrogens with zero attached hydrogens (tertiary/aromatic N) is 1. The standard InChI is InChI=1S/C16H13N3OS/c1-9-4-6-10(7-5-9)13-12-14(11-3-2-8-21-11)18-19-15(12)16(20)17-13/h2-8,13H,1H3,(H,17,20)(H,18,19)/t13-/m0/s1. The normalized spacial score (nSPS) is 16.8. The van der Waals surface area contributed by atoms with Gasteiger partial charge in [-0.1, -0.05) is 35.9 Å². The predicted octanol–water partition coefficient (Wildman–Crippen LogP) is 3.28. The molecule has 21 heavy (non-hydrogen) atoms. The zero-order valence-electron chi connectivity index (χ0n) is 11.4. The predicted molar refractivity (Wildman–Crippen MR) is 82.4 cm³/mol. The van der Waals surface area contributed by atoms with Crippen LogP contribution in [-0.2, 0) is 0 Å². The second-order valence-electron chi connectivity index (χ2n) is 5.16. The van der Waals surface area contributed by atoms with E-state index >= 15 is 0 Å². The van der Waals surface area contributed by atoms with Crippen LogP contribution in [0, 0.1) is 6.92 Å². The van der Waals surface area contributed by atoms with E-state index in [4.69, 9.17) is 0 Å². The number of aromatic nitrogens is 2. The Hall–Kier alpha value is -2.40. The molecule has 4 nitrogen and oxygen atoms in total. The molecule has 3 heterocycles. The molecular weight excluding hydrogens is 282 g/mol. The number of hydrogen-bond acceptors (Lipinski definition) is 3. The smallest absolute Gasteiger partial charge is 0.272 e. The quantitative estimate of drug-likeness (QED) is 0.762. The summed E-state index contributed by atoms with van der Waals surface area (Å²) in [6.07, 6.45) is 0. The second kappa shape index (κ2) is 4.56. The topological polar surface area (TPSA) is 57.8 Å². The minimum atomic E-state index is -0.135. The van der Waals surface area contributed by atoms with Gasteiger partial charge in [-0.05, 0) is 23.9 Å². The van der Waals surface area contributed by atoms with Crippen molar-refractivity contribution in [2.24, 2.45) is 0 Å². The number of hydrogen-bond donors (Lipinski definition) is 2. The van der Waals surface area contributed by atoms with Crippen LogP contribution in [0.5, 0.6) is 0 Å². The third-order valence-electron chi connectivity index (χ3n) is 3.76. The molecule has 5 heteroatoms. The third kappa shape index (κ3) is 1.89. The lowest BCUT2D eigenvalue weighted by Gasteiger charge is -2.13. The zero-order chi connectivity index (χ0) is 14.4. The average Bonchev–Trinajstić information content (AvgIpc) is 3.18. The van der Waals surface area contributed by atoms with Gasteiger partial charge in [-0.15, -0.1) is 11.3 Å². The van der Waals surface area contributed by atoms with Crippen LogP contribution in [0.3, 0.4) is 0 Å². The van der Waals surface area contributed by atoms with Gasteiger partial charge in [-0.2, -0.15) is 5.10 Å². The highest BCUT2D eigenvalue weighted by molar-refractivity contribution is 7.13. The summed E-state index contributed by atoms with van der Waals surface area (Å²) in [6.45, 7) is 2.05. The van der Waals surface area contributed by atoms with Gasteiger partial charge < -0.3 is 5.32 Å². The maximum atomic E-state index is 12.1. The molecule has 1 aliphatic heterocycles. The van der Waals surface area contributed by atoms with Crippen molar-refractivity contribution >= 4 is 17.2 Å². The summed E-state index contributed by atoms with van der Waals surface area (Å²) in [5.74, 6) is -0.116. The molecule has 0 spiro atoms. The molecule has 3 aromatic rings. The number of nitrogens with one attached hydrogen (secondary N) is 2. The molecule has 4 rings (SSSR count). The first kappa shape index (κ1) is 12.3. The summed E-state index contributed by atoms with van der Waals surface area (Å²) < 4.78 is 0. The SMILES string of the molecule is Cc1ccc([C@@H]2NC(=O)c3n[nH]c(-c4cccs4)c32)cc1. The van der Waals surface area contributed by atoms with Crippen molar-refractivity contribution in [3.05, 3.63) is 64.2 Å². The minimum absolute atomic E-state index is 0.116. The molecule has 1 atom stereocenters. The van der Waals surface area contributed by atoms with Crippen LogP contribution in [0.4, 0.5) is 0 Å². The van der Waals surface area contributed by atoms with Crippen molar-refractivity contribution in [2.75, 3.05) is 0 Å². The fourth-order valence-corrected chi connectivity index (χ4v) is 3.43. The molecule has 1 aromatic carbocycles. The van der Waals surface area contributed by atoms with Gasteiger partial charge in [-0.3, -0.25) is 9.89 Å². The van der Waals surface area contributed by atoms with E-state index in [1.807, 2.05) is 17.5 Å². The molecule has 2 N–H and O–H groups in total. The number of rotatable bonds is 2. The van der Waals surface area contributed by atoms with Gasteiger partial charge in [0.25, 0.3) is 5.91 Å². The molecule has 0 aliphatic carbocycles. The minimum Gasteiger partial charge on any atom is -0.340 e. The summed E-state index contributed by atoms with van der Waals surface area (Å²) in [4.78, 5) is 13.2. The first-order valence-electron chi connectivity index (χ1n) is 6.73. The van der Waals surface area contributed by atoms with Crippen molar-refractivity contribution < 1.29 is 4.79 Å². The van der Waals surface area contributed by atoms with Gasteiger partial charge in [0, 0.05) is 5.56 Å². The molecule has 0 bridgehead atoms. The Bertz CT molecular complexity index is 803. The number of thiophene rings is 1. The number of carbonyl (C=O) groups excluding carboxylic acids is 1. The van der Waals surface area contributed by atoms with E-state index in [1.165, 1.54) is 5.56 Å². The Labute approximate surface area is 125 Å². The van der Waals surface area contributed by atoms with Crippen molar-refractivity contribution in [2.45, 2.75) is 13.0 Å². The number of fused-ring (bicyclic) bond motifs is 1. The lowest BCUT2D eigenvalue weighted by Crippen LogP contribution is -2.21. The molecule has 0 saturated carbocycles. The third-order valence-corrected chi connectivity index (χ3v) is 4.65. The van der Waals surface area contributed by atoms with Gasteiger partial charge in [0.15, 0.2) is 5.69 Å². The van der Waals surface area contributed by atoms with E-state index in [9.17, 15) is 4.79 Å². The summed E-state index contributed by atoms with van der Waals surface area (Å²) >= 11 is 1.64. The maximum Gasteiger partial charge on any atom is 0.272 e. The van der Waals surface area contributed by atoms with Gasteiger partial charge in [-0.25, -0.2) is 0 Å². The van der Waals surface area contributed by atoms with Gasteiger partial charge in [0.2, 0.25) is 0 Å². The number of aromatic amines is 1. The monoisotopic (exact) mass is 295 g/mol. The largest absolute Gasteiger partial charge is 0.340 e. The van der Waals surface area contributed by atoms with E-state index in [1.54, 1.807) is 11.3 Å². The highest BCUT2D eigenvalue weighted by atomic mass is 32.1. The van der Waals surface area contributed by atoms with Crippen LogP contribution in [0.2, 0.25) is 0 Å². The van der Waals surface area contributed by atoms with Crippen LogP contribution < -0.4 is 5.32 Å². The molecule has 2 aromatic heterocycles. The van der Waals surface area contributed by atoms with E-state index in [-0.39, 0.29) is 11.9 Å². The van der Waals surface area contributed by atoms with E-state index in [0.717, 1.165) is 21.7 Å². The Morgan fingerprint density at radius 3 is 2.71 bits per heavy atom. The first-order chi connectivity index (χ1) is 10.2. The maximum absolute atomic E-state index is 12.1. The number of amides is 1. The van der Waals surface area contributed by atoms with Crippen LogP contribution in [0.15, 0.2) is 41.8 Å². The Morgan fingerprint density at radius 1 is 1.19 bits per heavy atom. The fraction of sp³-hybridized carbons (Fsp3) is 0.125. The Kier molecular flexibility index (Phi) is 2.68. The van der Waals surface area contributed by atoms with Crippen LogP contribution in [0.25, 0.3) is 10.6 Å². The van der Waals surface area contributed by atoms with Crippen molar-refractivity contribution in [3.63, 3.8) is 0 Å². The molecule has 104 valence electrons. The van der Waals surface area contributed by atoms with Crippen molar-refractivity contribution in [3.8, 4) is 10.6 Å². The highest BCUT2D eigenvalue weighted by Crippen LogP contribution is 2.38. The second-order valence-corrected chi connectivity index (χ2v) is 6.10. The molecule has 1 amide bonds. The van der Waals surface area contributed by atoms with E-state index < -0.39 is 0 Å². The van der Waals surface area contributed by atoms with Gasteiger partial charge >= 0.3 is 0 Å². The zero-order valence-corrected chi connectivity index (χ0v) is 12.2. The highest BCUT2D eigenvalue weighted by Gasteiger charge is 2.35. The van der Waals surface area contributed by atoms with E-state index in [0.29, 0.717) is 5.69 Å². The molecule has 0 saturated heterocycles. The number of H-pyrrole nitrogens is 1. The number of benzene rings is 1. The summed E-state index contributed by atoms with van der Waals surface area (Å²) in [5, 5.41) is 12.3. The molecule has 0 radical (unpaired) electrons. The molecule has 0 fully saturated rings. The lowest BCUT2D eigenvalue weighted by atomic mass is 9.98. The molecule has 0 unspecified atom stereocenters. The van der Waals surface area contributed by atoms with Crippen LogP contribution in [0.1, 0.15) is 33.2 Å². The van der Waals surface area contributed by atoms with Crippen LogP contribution >= 0.6 is 11.3 Å². The van der Waals surface area contributed by atoms with E-state index in [2.05, 4.69) is 46.7 Å². The van der Waals surface area contributed by atoms with Crippen molar-refractivity contribution in [1.29, 1.82) is 0 Å². The van der Waals surface area contributed by atoms with Gasteiger partial charge in [0.05, 0.1) is 16.6 Å². The molecule has 1 aliphatic rings. The summed E-state index contributed by atoms with van der Waals surface area (Å²) in [5.41, 5.74) is 4.67. The summed E-state index contributed by atoms with van der Waals surface area (Å²) in [6, 6.07) is 12.1. The summed E-state index contributed by atoms with van der Waals surface area (Å²) in [7, 11) is 0. The average molecular weight is 295 g/mol. The van der Waals surface area contributed by atoms with Crippen molar-refractivity contribution in [1.82, 2.24) is 15.5 Å². The fourth-order valence-electron chi connectivity index (χ4n) is 2.69. The lowest BCUT2D eigenvalue weighted by molar-refractivity contribution is 0.0955. The molecular formula is C16H13N3OS. The number of carbonyl (C=O) groups is 1. The van der Waals surface area contributed by atoms with Gasteiger partial charge in [0.1, 0.15) is 0 Å². The first-order valence-corrected chi connectivity index (χ1v) is 7.61. The Morgan fingerprint density at radius 2 is 2.00 bits per heavy atom. The Balaban J connectivity index is 1.86. The van der Waals surface area contributed by atoms with Crippen LogP contribution in [-0.4, -0.2) is 16.1 Å².